The van der Waals surface area contributed by atoms with Crippen LogP contribution in [-0.4, -0.2) is 33.9 Å². The van der Waals surface area contributed by atoms with Crippen molar-refractivity contribution >= 4 is 17.7 Å². The maximum atomic E-state index is 12.4. The molecule has 1 amide bonds. The molecule has 1 fully saturated rings. The molecule has 6 heteroatoms. The second kappa shape index (κ2) is 6.50. The molecule has 0 atom stereocenters. The van der Waals surface area contributed by atoms with Gasteiger partial charge in [-0.1, -0.05) is 19.8 Å². The molecule has 0 unspecified atom stereocenters. The second-order valence-electron chi connectivity index (χ2n) is 6.27. The number of nitrogens with one attached hydrogen (secondary N) is 1. The molecular formula is C16H25N5O. The lowest BCUT2D eigenvalue weighted by molar-refractivity contribution is -0.139. The van der Waals surface area contributed by atoms with Crippen LogP contribution in [-0.2, 0) is 17.8 Å². The highest BCUT2D eigenvalue weighted by Crippen LogP contribution is 2.31. The Hall–Kier alpha value is -1.85. The summed E-state index contributed by atoms with van der Waals surface area (Å²) in [5.74, 6) is 1.67. The highest BCUT2D eigenvalue weighted by molar-refractivity contribution is 5.80. The summed E-state index contributed by atoms with van der Waals surface area (Å²) in [5, 5.41) is 3.37. The highest BCUT2D eigenvalue weighted by atomic mass is 16.2. The zero-order chi connectivity index (χ0) is 15.5. The Kier molecular flexibility index (Phi) is 4.45. The number of hydrogen-bond donors (Lipinski definition) is 2. The number of anilines is 2. The fraction of sp³-hybridized carbons (Fsp3) is 0.688. The molecule has 6 nitrogen and oxygen atoms in total. The molecule has 2 heterocycles. The van der Waals surface area contributed by atoms with Crippen molar-refractivity contribution in [3.63, 3.8) is 0 Å². The number of nitrogens with zero attached hydrogens (tertiary/aromatic N) is 3. The van der Waals surface area contributed by atoms with Crippen molar-refractivity contribution in [3.8, 4) is 0 Å². The molecule has 3 N–H and O–H groups in total. The number of unbranched alkanes of at least 4 members (excludes halogenated alkanes) is 1. The maximum absolute atomic E-state index is 12.4. The quantitative estimate of drug-likeness (QED) is 0.812. The summed E-state index contributed by atoms with van der Waals surface area (Å²) in [6.07, 6.45) is 6.31. The van der Waals surface area contributed by atoms with Crippen molar-refractivity contribution in [1.82, 2.24) is 14.9 Å². The number of carbonyl (C=O) groups is 1. The molecule has 3 rings (SSSR count). The number of hydrogen-bond acceptors (Lipinski definition) is 5. The lowest BCUT2D eigenvalue weighted by atomic mass is 9.84. The van der Waals surface area contributed by atoms with Crippen molar-refractivity contribution < 1.29 is 4.79 Å². The number of carbonyl (C=O) groups excluding carboxylic acids is 1. The van der Waals surface area contributed by atoms with Crippen LogP contribution in [0, 0.1) is 5.92 Å². The molecule has 22 heavy (non-hydrogen) atoms. The zero-order valence-electron chi connectivity index (χ0n) is 13.3. The Labute approximate surface area is 131 Å². The van der Waals surface area contributed by atoms with Crippen LogP contribution in [0.4, 0.5) is 11.8 Å². The largest absolute Gasteiger partial charge is 0.370 e. The van der Waals surface area contributed by atoms with Gasteiger partial charge in [-0.2, -0.15) is 4.98 Å². The number of rotatable bonds is 5. The number of nitrogens with two attached hydrogens (primary N) is 1. The smallest absolute Gasteiger partial charge is 0.226 e. The van der Waals surface area contributed by atoms with E-state index in [9.17, 15) is 4.79 Å². The van der Waals surface area contributed by atoms with Crippen LogP contribution in [0.25, 0.3) is 0 Å². The van der Waals surface area contributed by atoms with Crippen LogP contribution in [0.5, 0.6) is 0 Å². The predicted molar refractivity (Wildman–Crippen MR) is 86.3 cm³/mol. The van der Waals surface area contributed by atoms with Crippen molar-refractivity contribution in [2.75, 3.05) is 24.1 Å². The minimum Gasteiger partial charge on any atom is -0.370 e. The van der Waals surface area contributed by atoms with Gasteiger partial charge in [-0.15, -0.1) is 0 Å². The Morgan fingerprint density at radius 2 is 2.23 bits per heavy atom. The van der Waals surface area contributed by atoms with Crippen LogP contribution < -0.4 is 11.1 Å². The molecule has 1 aliphatic heterocycles. The predicted octanol–water partition coefficient (Wildman–Crippen LogP) is 1.96. The highest BCUT2D eigenvalue weighted by Gasteiger charge is 2.32. The molecule has 1 aliphatic carbocycles. The standard InChI is InChI=1S/C16H25N5O/c1-2-3-8-18-14-12-7-9-21(15(22)11-5-4-6-11)10-13(12)19-16(17)20-14/h11H,2-10H2,1H3,(H3,17,18,19,20). The normalized spacial score (nSPS) is 17.8. The molecular weight excluding hydrogens is 278 g/mol. The molecule has 1 aromatic rings. The van der Waals surface area contributed by atoms with Crippen LogP contribution >= 0.6 is 0 Å². The lowest BCUT2D eigenvalue weighted by Crippen LogP contribution is -2.42. The summed E-state index contributed by atoms with van der Waals surface area (Å²) in [5.41, 5.74) is 7.88. The van der Waals surface area contributed by atoms with E-state index in [1.54, 1.807) is 0 Å². The number of aromatic nitrogens is 2. The van der Waals surface area contributed by atoms with Gasteiger partial charge in [0, 0.05) is 24.6 Å². The maximum Gasteiger partial charge on any atom is 0.226 e. The molecule has 120 valence electrons. The van der Waals surface area contributed by atoms with E-state index in [1.165, 1.54) is 6.42 Å². The van der Waals surface area contributed by atoms with E-state index in [4.69, 9.17) is 5.73 Å². The minimum atomic E-state index is 0.239. The number of fused-ring (bicyclic) bond motifs is 1. The first-order valence-electron chi connectivity index (χ1n) is 8.37. The van der Waals surface area contributed by atoms with E-state index in [-0.39, 0.29) is 17.8 Å². The summed E-state index contributed by atoms with van der Waals surface area (Å²) in [4.78, 5) is 23.1. The first-order valence-corrected chi connectivity index (χ1v) is 8.37. The summed E-state index contributed by atoms with van der Waals surface area (Å²) in [7, 11) is 0. The van der Waals surface area contributed by atoms with Crippen LogP contribution in [0.3, 0.4) is 0 Å². The van der Waals surface area contributed by atoms with Gasteiger partial charge in [-0.3, -0.25) is 4.79 Å². The fourth-order valence-corrected chi connectivity index (χ4v) is 3.08. The van der Waals surface area contributed by atoms with Crippen molar-refractivity contribution in [1.29, 1.82) is 0 Å². The average Bonchev–Trinajstić information content (AvgIpc) is 2.44. The number of nitrogen functional groups attached to an aromatic ring is 1. The van der Waals surface area contributed by atoms with Gasteiger partial charge in [0.1, 0.15) is 5.82 Å². The van der Waals surface area contributed by atoms with Crippen molar-refractivity contribution in [2.24, 2.45) is 5.92 Å². The van der Waals surface area contributed by atoms with E-state index in [0.29, 0.717) is 6.54 Å². The Morgan fingerprint density at radius 1 is 1.41 bits per heavy atom. The SMILES string of the molecule is CCCCNc1nc(N)nc2c1CCN(C(=O)C1CCC1)C2. The van der Waals surface area contributed by atoms with Crippen LogP contribution in [0.15, 0.2) is 0 Å². The van der Waals surface area contributed by atoms with Gasteiger partial charge in [0.2, 0.25) is 11.9 Å². The van der Waals surface area contributed by atoms with Crippen LogP contribution in [0.2, 0.25) is 0 Å². The van der Waals surface area contributed by atoms with Gasteiger partial charge in [0.25, 0.3) is 0 Å². The third-order valence-corrected chi connectivity index (χ3v) is 4.67. The molecule has 0 saturated heterocycles. The first kappa shape index (κ1) is 15.1. The van der Waals surface area contributed by atoms with Gasteiger partial charge in [-0.05, 0) is 25.7 Å². The molecule has 0 spiro atoms. The zero-order valence-corrected chi connectivity index (χ0v) is 13.3. The Morgan fingerprint density at radius 3 is 2.91 bits per heavy atom. The molecule has 2 aliphatic rings. The van der Waals surface area contributed by atoms with Crippen molar-refractivity contribution in [3.05, 3.63) is 11.3 Å². The van der Waals surface area contributed by atoms with Gasteiger partial charge in [-0.25, -0.2) is 4.98 Å². The summed E-state index contributed by atoms with van der Waals surface area (Å²) >= 11 is 0. The van der Waals surface area contributed by atoms with E-state index in [0.717, 1.165) is 62.3 Å². The number of amides is 1. The van der Waals surface area contributed by atoms with E-state index >= 15 is 0 Å². The third-order valence-electron chi connectivity index (χ3n) is 4.67. The van der Waals surface area contributed by atoms with Gasteiger partial charge in [0.05, 0.1) is 12.2 Å². The average molecular weight is 303 g/mol. The Bertz CT molecular complexity index is 556. The van der Waals surface area contributed by atoms with Crippen LogP contribution in [0.1, 0.15) is 50.3 Å². The third kappa shape index (κ3) is 3.00. The summed E-state index contributed by atoms with van der Waals surface area (Å²) in [6, 6.07) is 0. The molecule has 0 bridgehead atoms. The minimum absolute atomic E-state index is 0.239. The van der Waals surface area contributed by atoms with E-state index in [2.05, 4.69) is 22.2 Å². The van der Waals surface area contributed by atoms with Crippen molar-refractivity contribution in [2.45, 2.75) is 52.0 Å². The fourth-order valence-electron chi connectivity index (χ4n) is 3.08. The molecule has 0 radical (unpaired) electrons. The van der Waals surface area contributed by atoms with Gasteiger partial charge in [0.15, 0.2) is 0 Å². The summed E-state index contributed by atoms with van der Waals surface area (Å²) < 4.78 is 0. The second-order valence-corrected chi connectivity index (χ2v) is 6.27. The van der Waals surface area contributed by atoms with Gasteiger partial charge >= 0.3 is 0 Å². The first-order chi connectivity index (χ1) is 10.7. The molecule has 0 aromatic carbocycles. The van der Waals surface area contributed by atoms with E-state index in [1.807, 2.05) is 4.90 Å². The molecule has 1 saturated carbocycles. The summed E-state index contributed by atoms with van der Waals surface area (Å²) in [6.45, 7) is 4.39. The van der Waals surface area contributed by atoms with E-state index < -0.39 is 0 Å². The topological polar surface area (TPSA) is 84.1 Å². The Balaban J connectivity index is 1.74. The van der Waals surface area contributed by atoms with Gasteiger partial charge < -0.3 is 16.0 Å². The lowest BCUT2D eigenvalue weighted by Gasteiger charge is -2.34. The molecule has 1 aromatic heterocycles. The monoisotopic (exact) mass is 303 g/mol.